The fourth-order valence-electron chi connectivity index (χ4n) is 2.91. The summed E-state index contributed by atoms with van der Waals surface area (Å²) in [5.74, 6) is 0.767. The highest BCUT2D eigenvalue weighted by Gasteiger charge is 2.19. The van der Waals surface area contributed by atoms with Crippen LogP contribution in [-0.4, -0.2) is 49.2 Å². The maximum absolute atomic E-state index is 14.3. The molecule has 3 rings (SSSR count). The molecule has 3 N–H and O–H groups in total. The summed E-state index contributed by atoms with van der Waals surface area (Å²) in [6.07, 6.45) is 4.36. The van der Waals surface area contributed by atoms with E-state index in [1.54, 1.807) is 19.1 Å². The number of anilines is 2. The van der Waals surface area contributed by atoms with E-state index in [2.05, 4.69) is 10.3 Å². The lowest BCUT2D eigenvalue weighted by Crippen LogP contribution is -2.27. The molecule has 8 heteroatoms. The van der Waals surface area contributed by atoms with E-state index >= 15 is 0 Å². The number of nitrogen functional groups attached to an aromatic ring is 1. The number of benzene rings is 1. The number of nitrogens with two attached hydrogens (primary N) is 1. The van der Waals surface area contributed by atoms with Gasteiger partial charge in [-0.2, -0.15) is 0 Å². The molecule has 1 aliphatic heterocycles. The van der Waals surface area contributed by atoms with E-state index in [0.29, 0.717) is 37.4 Å². The number of pyridine rings is 1. The van der Waals surface area contributed by atoms with Gasteiger partial charge in [-0.05, 0) is 50.5 Å². The molecular formula is C24H33FN4O3. The van der Waals surface area contributed by atoms with Crippen molar-refractivity contribution in [1.82, 2.24) is 9.88 Å². The fraction of sp³-hybridized carbons (Fsp3) is 0.417. The Bertz CT molecular complexity index is 924. The van der Waals surface area contributed by atoms with Crippen LogP contribution in [0.4, 0.5) is 15.9 Å². The third kappa shape index (κ3) is 7.23. The van der Waals surface area contributed by atoms with Gasteiger partial charge in [0.25, 0.3) is 0 Å². The lowest BCUT2D eigenvalue weighted by molar-refractivity contribution is -0.117. The van der Waals surface area contributed by atoms with Gasteiger partial charge >= 0.3 is 0 Å². The summed E-state index contributed by atoms with van der Waals surface area (Å²) >= 11 is 0. The topological polar surface area (TPSA) is 89.7 Å². The number of methoxy groups -OCH3 is 2. The standard InChI is InChI=1S/C19H21FN4O2.C5H12O/c1-26-15-4-2-13(3-5-15)10-22-19-18(21)17(16(20)11-23-19)14-6-8-24(12-25)9-7-14;1-5(2,3)6-4/h2-6,11-12H,7-10,21H2,1H3,(H,22,23);1-4H3. The Morgan fingerprint density at radius 3 is 2.41 bits per heavy atom. The molecule has 0 saturated heterocycles. The SMILES string of the molecule is COC(C)(C)C.COc1ccc(CNc2ncc(F)c(C3=CCN(C=O)CC3)c2N)cc1. The Balaban J connectivity index is 0.000000534. The van der Waals surface area contributed by atoms with Gasteiger partial charge in [0.1, 0.15) is 11.6 Å². The largest absolute Gasteiger partial charge is 0.497 e. The number of carbonyl (C=O) groups is 1. The molecule has 0 atom stereocenters. The first-order valence-corrected chi connectivity index (χ1v) is 10.4. The number of aromatic nitrogens is 1. The molecule has 1 aliphatic rings. The molecule has 2 aromatic rings. The van der Waals surface area contributed by atoms with Crippen molar-refractivity contribution in [2.75, 3.05) is 38.4 Å². The molecule has 32 heavy (non-hydrogen) atoms. The zero-order chi connectivity index (χ0) is 23.7. The number of ether oxygens (including phenoxy) is 2. The van der Waals surface area contributed by atoms with Crippen LogP contribution < -0.4 is 15.8 Å². The summed E-state index contributed by atoms with van der Waals surface area (Å²) in [6.45, 7) is 7.57. The van der Waals surface area contributed by atoms with Crippen LogP contribution in [0.5, 0.6) is 5.75 Å². The molecule has 0 fully saturated rings. The van der Waals surface area contributed by atoms with E-state index in [9.17, 15) is 9.18 Å². The predicted octanol–water partition coefficient (Wildman–Crippen LogP) is 4.10. The number of hydrogen-bond donors (Lipinski definition) is 2. The highest BCUT2D eigenvalue weighted by Crippen LogP contribution is 2.33. The van der Waals surface area contributed by atoms with E-state index in [0.717, 1.165) is 23.3 Å². The first kappa shape index (κ1) is 25.1. The maximum atomic E-state index is 14.3. The molecule has 1 amide bonds. The summed E-state index contributed by atoms with van der Waals surface area (Å²) in [4.78, 5) is 16.5. The molecule has 7 nitrogen and oxygen atoms in total. The maximum Gasteiger partial charge on any atom is 0.209 e. The normalized spacial score (nSPS) is 13.6. The Kier molecular flexibility index (Phi) is 9.02. The molecule has 2 heterocycles. The monoisotopic (exact) mass is 444 g/mol. The summed E-state index contributed by atoms with van der Waals surface area (Å²) in [6, 6.07) is 7.61. The zero-order valence-corrected chi connectivity index (χ0v) is 19.4. The minimum absolute atomic E-state index is 0.0417. The van der Waals surface area contributed by atoms with Crippen LogP contribution in [0.25, 0.3) is 5.57 Å². The number of carbonyl (C=O) groups excluding carboxylic acids is 1. The van der Waals surface area contributed by atoms with Crippen molar-refractivity contribution in [3.05, 3.63) is 53.5 Å². The number of halogens is 1. The van der Waals surface area contributed by atoms with Crippen molar-refractivity contribution in [3.63, 3.8) is 0 Å². The van der Waals surface area contributed by atoms with Crippen molar-refractivity contribution < 1.29 is 18.7 Å². The van der Waals surface area contributed by atoms with Gasteiger partial charge < -0.3 is 25.4 Å². The molecule has 174 valence electrons. The number of nitrogens with zero attached hydrogens (tertiary/aromatic N) is 2. The van der Waals surface area contributed by atoms with E-state index in [1.807, 2.05) is 51.1 Å². The third-order valence-corrected chi connectivity index (χ3v) is 5.01. The average molecular weight is 445 g/mol. The van der Waals surface area contributed by atoms with Gasteiger partial charge in [0.2, 0.25) is 6.41 Å². The second-order valence-corrected chi connectivity index (χ2v) is 8.34. The van der Waals surface area contributed by atoms with E-state index in [4.69, 9.17) is 15.2 Å². The molecule has 0 unspecified atom stereocenters. The number of nitrogens with one attached hydrogen (secondary N) is 1. The van der Waals surface area contributed by atoms with Crippen molar-refractivity contribution in [3.8, 4) is 5.75 Å². The van der Waals surface area contributed by atoms with Gasteiger partial charge in [0, 0.05) is 32.3 Å². The summed E-state index contributed by atoms with van der Waals surface area (Å²) in [7, 11) is 3.33. The summed E-state index contributed by atoms with van der Waals surface area (Å²) < 4.78 is 24.4. The quantitative estimate of drug-likeness (QED) is 0.652. The third-order valence-electron chi connectivity index (χ3n) is 5.01. The molecule has 0 spiro atoms. The van der Waals surface area contributed by atoms with Crippen LogP contribution in [0.1, 0.15) is 38.3 Å². The van der Waals surface area contributed by atoms with E-state index < -0.39 is 5.82 Å². The first-order valence-electron chi connectivity index (χ1n) is 10.4. The first-order chi connectivity index (χ1) is 15.2. The second kappa shape index (κ2) is 11.5. The minimum Gasteiger partial charge on any atom is -0.497 e. The second-order valence-electron chi connectivity index (χ2n) is 8.34. The Labute approximate surface area is 189 Å². The van der Waals surface area contributed by atoms with Crippen LogP contribution in [0.2, 0.25) is 0 Å². The van der Waals surface area contributed by atoms with E-state index in [1.165, 1.54) is 6.20 Å². The highest BCUT2D eigenvalue weighted by molar-refractivity contribution is 5.82. The fourth-order valence-corrected chi connectivity index (χ4v) is 2.91. The van der Waals surface area contributed by atoms with Gasteiger partial charge in [-0.1, -0.05) is 18.2 Å². The number of hydrogen-bond acceptors (Lipinski definition) is 6. The van der Waals surface area contributed by atoms with E-state index in [-0.39, 0.29) is 11.3 Å². The lowest BCUT2D eigenvalue weighted by Gasteiger charge is -2.24. The van der Waals surface area contributed by atoms with Crippen LogP contribution in [0.3, 0.4) is 0 Å². The Hall–Kier alpha value is -3.13. The van der Waals surface area contributed by atoms with Crippen LogP contribution in [-0.2, 0) is 16.1 Å². The van der Waals surface area contributed by atoms with Crippen LogP contribution in [0.15, 0.2) is 36.5 Å². The molecule has 1 aromatic heterocycles. The van der Waals surface area contributed by atoms with Crippen molar-refractivity contribution in [2.45, 2.75) is 39.3 Å². The van der Waals surface area contributed by atoms with Crippen LogP contribution in [0, 0.1) is 5.82 Å². The number of amides is 1. The van der Waals surface area contributed by atoms with Crippen molar-refractivity contribution in [1.29, 1.82) is 0 Å². The zero-order valence-electron chi connectivity index (χ0n) is 19.4. The van der Waals surface area contributed by atoms with Crippen molar-refractivity contribution >= 4 is 23.5 Å². The molecule has 0 aliphatic carbocycles. The molecule has 0 bridgehead atoms. The van der Waals surface area contributed by atoms with Gasteiger partial charge in [-0.15, -0.1) is 0 Å². The number of rotatable bonds is 6. The van der Waals surface area contributed by atoms with Gasteiger partial charge in [0.05, 0.1) is 24.6 Å². The minimum atomic E-state index is -0.455. The molecule has 1 aromatic carbocycles. The smallest absolute Gasteiger partial charge is 0.209 e. The lowest BCUT2D eigenvalue weighted by atomic mass is 9.98. The Morgan fingerprint density at radius 2 is 1.91 bits per heavy atom. The molecular weight excluding hydrogens is 411 g/mol. The van der Waals surface area contributed by atoms with Gasteiger partial charge in [-0.25, -0.2) is 9.37 Å². The van der Waals surface area contributed by atoms with Gasteiger partial charge in [0.15, 0.2) is 5.82 Å². The summed E-state index contributed by atoms with van der Waals surface area (Å²) in [5, 5.41) is 3.16. The molecule has 0 radical (unpaired) electrons. The molecule has 0 saturated carbocycles. The van der Waals surface area contributed by atoms with Crippen molar-refractivity contribution in [2.24, 2.45) is 0 Å². The van der Waals surface area contributed by atoms with Gasteiger partial charge in [-0.3, -0.25) is 4.79 Å². The Morgan fingerprint density at radius 1 is 1.25 bits per heavy atom. The predicted molar refractivity (Wildman–Crippen MR) is 126 cm³/mol. The highest BCUT2D eigenvalue weighted by atomic mass is 19.1. The summed E-state index contributed by atoms with van der Waals surface area (Å²) in [5.41, 5.74) is 8.69. The average Bonchev–Trinajstić information content (AvgIpc) is 2.79. The van der Waals surface area contributed by atoms with Crippen LogP contribution >= 0.6 is 0 Å².